The highest BCUT2D eigenvalue weighted by Gasteiger charge is 2.50. The zero-order valence-corrected chi connectivity index (χ0v) is 19.0. The molecular weight excluding hydrogens is 300 g/mol. The third-order valence-corrected chi connectivity index (χ3v) is 35.1. The van der Waals surface area contributed by atoms with E-state index in [0.717, 1.165) is 0 Å². The fourth-order valence-corrected chi connectivity index (χ4v) is 39.4. The van der Waals surface area contributed by atoms with Crippen molar-refractivity contribution >= 4 is 25.9 Å². The van der Waals surface area contributed by atoms with Crippen molar-refractivity contribution in [2.24, 2.45) is 0 Å². The molecule has 122 valence electrons. The smallest absolute Gasteiger partial charge is 0.0459 e. The van der Waals surface area contributed by atoms with Crippen LogP contribution in [-0.2, 0) is 0 Å². The Bertz CT molecular complexity index is 254. The van der Waals surface area contributed by atoms with Gasteiger partial charge >= 0.3 is 0 Å². The summed E-state index contributed by atoms with van der Waals surface area (Å²) in [5.41, 5.74) is 3.96. The minimum atomic E-state index is -0.866. The highest BCUT2D eigenvalue weighted by molar-refractivity contribution is 7.41. The van der Waals surface area contributed by atoms with Gasteiger partial charge in [0.25, 0.3) is 0 Å². The van der Waals surface area contributed by atoms with E-state index < -0.39 is 7.59 Å². The quantitative estimate of drug-likeness (QED) is 0.667. The molecule has 0 saturated heterocycles. The van der Waals surface area contributed by atoms with Crippen LogP contribution in [0.4, 0.5) is 0 Å². The molecule has 3 heteroatoms. The maximum absolute atomic E-state index is 1.69. The topological polar surface area (TPSA) is 0 Å². The second kappa shape index (κ2) is 7.96. The first-order valence-corrected chi connectivity index (χ1v) is 20.6. The van der Waals surface area contributed by atoms with Crippen LogP contribution in [0.15, 0.2) is 0 Å². The lowest BCUT2D eigenvalue weighted by Gasteiger charge is -2.53. The Balaban J connectivity index is 1.85. The SMILES string of the molecule is [SiH3][SiH2][Si](C1CCCCC1)(C1CCCCC1)C1CCCCC1. The van der Waals surface area contributed by atoms with Gasteiger partial charge in [-0.15, -0.1) is 0 Å². The van der Waals surface area contributed by atoms with Crippen LogP contribution < -0.4 is 0 Å². The lowest BCUT2D eigenvalue weighted by Crippen LogP contribution is -2.56. The summed E-state index contributed by atoms with van der Waals surface area (Å²) in [6.45, 7) is 0. The first-order valence-electron chi connectivity index (χ1n) is 10.4. The molecule has 0 aromatic rings. The van der Waals surface area contributed by atoms with Crippen LogP contribution in [0, 0.1) is 0 Å². The molecule has 3 aliphatic carbocycles. The van der Waals surface area contributed by atoms with E-state index in [1.807, 2.05) is 0 Å². The first kappa shape index (κ1) is 16.5. The molecule has 0 amide bonds. The lowest BCUT2D eigenvalue weighted by atomic mass is 9.98. The summed E-state index contributed by atoms with van der Waals surface area (Å²) < 4.78 is 0. The van der Waals surface area contributed by atoms with E-state index in [1.54, 1.807) is 106 Å². The standard InChI is InChI=1S/C18H38Si3/c19-20-21(16-10-4-1-5-11-16,17-12-6-2-7-13-17)18-14-8-3-9-15-18/h16-18H,1-15,20H2,19H3. The van der Waals surface area contributed by atoms with Crippen molar-refractivity contribution in [3.63, 3.8) is 0 Å². The number of hydrogen-bond acceptors (Lipinski definition) is 0. The van der Waals surface area contributed by atoms with Gasteiger partial charge in [0.15, 0.2) is 0 Å². The van der Waals surface area contributed by atoms with Crippen molar-refractivity contribution in [3.05, 3.63) is 0 Å². The lowest BCUT2D eigenvalue weighted by molar-refractivity contribution is 0.424. The molecule has 3 aliphatic rings. The van der Waals surface area contributed by atoms with Gasteiger partial charge < -0.3 is 0 Å². The van der Waals surface area contributed by atoms with Gasteiger partial charge in [-0.05, 0) is 26.4 Å². The molecule has 3 rings (SSSR count). The molecule has 0 aromatic heterocycles. The molecule has 0 atom stereocenters. The van der Waals surface area contributed by atoms with Crippen LogP contribution in [0.1, 0.15) is 96.3 Å². The molecule has 0 aromatic carbocycles. The molecule has 21 heavy (non-hydrogen) atoms. The number of hydrogen-bond donors (Lipinski definition) is 0. The highest BCUT2D eigenvalue weighted by Crippen LogP contribution is 2.55. The van der Waals surface area contributed by atoms with Crippen molar-refractivity contribution in [1.29, 1.82) is 0 Å². The predicted octanol–water partition coefficient (Wildman–Crippen LogP) is 4.38. The molecule has 0 aliphatic heterocycles. The zero-order chi connectivity index (χ0) is 14.5. The fourth-order valence-electron chi connectivity index (χ4n) is 6.79. The van der Waals surface area contributed by atoms with Crippen LogP contribution in [-0.4, -0.2) is 25.9 Å². The summed E-state index contributed by atoms with van der Waals surface area (Å²) in [7, 11) is 1.15. The van der Waals surface area contributed by atoms with E-state index in [0.29, 0.717) is 8.55 Å². The van der Waals surface area contributed by atoms with E-state index in [4.69, 9.17) is 0 Å². The minimum absolute atomic E-state index is 0.364. The summed E-state index contributed by atoms with van der Waals surface area (Å²) >= 11 is 0. The first-order chi connectivity index (χ1) is 10.4. The molecule has 0 radical (unpaired) electrons. The molecule has 0 nitrogen and oxygen atoms in total. The van der Waals surface area contributed by atoms with E-state index in [-0.39, 0.29) is 0 Å². The van der Waals surface area contributed by atoms with Crippen molar-refractivity contribution in [2.45, 2.75) is 113 Å². The normalized spacial score (nSPS) is 28.6. The third-order valence-electron chi connectivity index (χ3n) is 7.71. The molecule has 0 heterocycles. The summed E-state index contributed by atoms with van der Waals surface area (Å²) in [4.78, 5) is 0. The Kier molecular flexibility index (Phi) is 6.26. The van der Waals surface area contributed by atoms with Crippen LogP contribution in [0.2, 0.25) is 16.6 Å². The van der Waals surface area contributed by atoms with E-state index >= 15 is 0 Å². The highest BCUT2D eigenvalue weighted by atomic mass is 29.5. The Morgan fingerprint density at radius 2 is 0.810 bits per heavy atom. The van der Waals surface area contributed by atoms with Crippen molar-refractivity contribution in [1.82, 2.24) is 0 Å². The second-order valence-corrected chi connectivity index (χ2v) is 26.0. The third kappa shape index (κ3) is 3.45. The summed E-state index contributed by atoms with van der Waals surface area (Å²) in [5.74, 6) is 0. The minimum Gasteiger partial charge on any atom is -0.0533 e. The molecule has 3 saturated carbocycles. The summed E-state index contributed by atoms with van der Waals surface area (Å²) in [5, 5.41) is 0. The van der Waals surface area contributed by atoms with Gasteiger partial charge in [-0.1, -0.05) is 96.3 Å². The van der Waals surface area contributed by atoms with Crippen LogP contribution >= 0.6 is 0 Å². The van der Waals surface area contributed by atoms with Crippen molar-refractivity contribution in [3.8, 4) is 0 Å². The summed E-state index contributed by atoms with van der Waals surface area (Å²) in [6.07, 6.45) is 24.5. The average Bonchev–Trinajstić information content (AvgIpc) is 2.59. The molecule has 0 unspecified atom stereocenters. The average molecular weight is 339 g/mol. The van der Waals surface area contributed by atoms with Crippen molar-refractivity contribution in [2.75, 3.05) is 0 Å². The maximum atomic E-state index is 1.69. The van der Waals surface area contributed by atoms with Crippen LogP contribution in [0.3, 0.4) is 0 Å². The van der Waals surface area contributed by atoms with E-state index in [2.05, 4.69) is 0 Å². The molecule has 0 bridgehead atoms. The second-order valence-electron chi connectivity index (χ2n) is 8.47. The van der Waals surface area contributed by atoms with Gasteiger partial charge in [-0.25, -0.2) is 0 Å². The van der Waals surface area contributed by atoms with E-state index in [1.165, 1.54) is 16.6 Å². The van der Waals surface area contributed by atoms with E-state index in [9.17, 15) is 0 Å². The Hall–Kier alpha value is 0.651. The molecular formula is C18H38Si3. The Morgan fingerprint density at radius 1 is 0.524 bits per heavy atom. The maximum Gasteiger partial charge on any atom is 0.0459 e. The molecule has 0 spiro atoms. The van der Waals surface area contributed by atoms with Gasteiger partial charge in [0.1, 0.15) is 0 Å². The van der Waals surface area contributed by atoms with Crippen molar-refractivity contribution < 1.29 is 0 Å². The zero-order valence-electron chi connectivity index (χ0n) is 14.5. The van der Waals surface area contributed by atoms with Gasteiger partial charge in [-0.3, -0.25) is 0 Å². The van der Waals surface area contributed by atoms with Gasteiger partial charge in [0.2, 0.25) is 0 Å². The molecule has 0 N–H and O–H groups in total. The van der Waals surface area contributed by atoms with Gasteiger partial charge in [0.05, 0.1) is 0 Å². The van der Waals surface area contributed by atoms with Crippen LogP contribution in [0.25, 0.3) is 0 Å². The Labute approximate surface area is 139 Å². The molecule has 3 fully saturated rings. The summed E-state index contributed by atoms with van der Waals surface area (Å²) in [6, 6.07) is 0. The largest absolute Gasteiger partial charge is 0.0533 e. The van der Waals surface area contributed by atoms with Crippen LogP contribution in [0.5, 0.6) is 0 Å². The van der Waals surface area contributed by atoms with Gasteiger partial charge in [0, 0.05) is 16.1 Å². The predicted molar refractivity (Wildman–Crippen MR) is 105 cm³/mol. The fraction of sp³-hybridized carbons (Fsp3) is 1.00. The van der Waals surface area contributed by atoms with Gasteiger partial charge in [-0.2, -0.15) is 0 Å². The monoisotopic (exact) mass is 338 g/mol. The number of rotatable bonds is 4. The Morgan fingerprint density at radius 3 is 1.05 bits per heavy atom.